The fourth-order valence-corrected chi connectivity index (χ4v) is 1.22. The lowest BCUT2D eigenvalue weighted by Gasteiger charge is -1.97. The van der Waals surface area contributed by atoms with E-state index in [2.05, 4.69) is 9.97 Å². The summed E-state index contributed by atoms with van der Waals surface area (Å²) in [5, 5.41) is 30.6. The molecule has 0 aliphatic carbocycles. The minimum atomic E-state index is -1.07. The minimum Gasteiger partial charge on any atom is -0.480 e. The van der Waals surface area contributed by atoms with Crippen molar-refractivity contribution >= 4 is 11.9 Å². The zero-order valence-electron chi connectivity index (χ0n) is 12.5. The van der Waals surface area contributed by atoms with E-state index in [4.69, 9.17) is 20.7 Å². The molecule has 2 aromatic rings. The van der Waals surface area contributed by atoms with E-state index in [1.807, 2.05) is 24.3 Å². The average molecular weight is 326 g/mol. The van der Waals surface area contributed by atoms with E-state index in [0.29, 0.717) is 0 Å². The molecule has 8 heteroatoms. The summed E-state index contributed by atoms with van der Waals surface area (Å²) in [6.07, 6.45) is 6.34. The van der Waals surface area contributed by atoms with E-state index in [1.54, 1.807) is 24.8 Å². The molecule has 2 heterocycles. The zero-order chi connectivity index (χ0) is 18.2. The average Bonchev–Trinajstić information content (AvgIpc) is 2.57. The van der Waals surface area contributed by atoms with Crippen LogP contribution in [-0.4, -0.2) is 32.1 Å². The fraction of sp³-hybridized carbons (Fsp3) is 0.125. The van der Waals surface area contributed by atoms with E-state index < -0.39 is 24.8 Å². The summed E-state index contributed by atoms with van der Waals surface area (Å²) < 4.78 is 0. The smallest absolute Gasteiger partial charge is 0.317 e. The number of aliphatic carboxylic acids is 2. The molecule has 24 heavy (non-hydrogen) atoms. The number of aromatic nitrogens is 2. The van der Waals surface area contributed by atoms with Crippen LogP contribution in [0, 0.1) is 22.7 Å². The first-order chi connectivity index (χ1) is 11.5. The summed E-state index contributed by atoms with van der Waals surface area (Å²) in [4.78, 5) is 26.7. The summed E-state index contributed by atoms with van der Waals surface area (Å²) in [5.41, 5.74) is 2.35. The van der Waals surface area contributed by atoms with Crippen LogP contribution in [0.15, 0.2) is 49.1 Å². The molecule has 0 bridgehead atoms. The first kappa shape index (κ1) is 20.2. The van der Waals surface area contributed by atoms with Gasteiger partial charge in [-0.25, -0.2) is 0 Å². The third kappa shape index (κ3) is 10.9. The van der Waals surface area contributed by atoms with Gasteiger partial charge in [0.2, 0.25) is 0 Å². The van der Waals surface area contributed by atoms with Gasteiger partial charge in [0.1, 0.15) is 12.8 Å². The number of hydrogen-bond acceptors (Lipinski definition) is 6. The van der Waals surface area contributed by atoms with Gasteiger partial charge < -0.3 is 10.2 Å². The van der Waals surface area contributed by atoms with Gasteiger partial charge in [-0.1, -0.05) is 0 Å². The topological polar surface area (TPSA) is 148 Å². The normalized spacial score (nSPS) is 8.08. The lowest BCUT2D eigenvalue weighted by Crippen LogP contribution is -1.88. The molecule has 0 saturated heterocycles. The number of carbonyl (C=O) groups is 2. The van der Waals surface area contributed by atoms with Gasteiger partial charge in [0.25, 0.3) is 0 Å². The quantitative estimate of drug-likeness (QED) is 0.871. The van der Waals surface area contributed by atoms with Gasteiger partial charge >= 0.3 is 11.9 Å². The van der Waals surface area contributed by atoms with Crippen LogP contribution in [0.3, 0.4) is 0 Å². The maximum absolute atomic E-state index is 9.38. The Morgan fingerprint density at radius 2 is 1.08 bits per heavy atom. The zero-order valence-corrected chi connectivity index (χ0v) is 12.5. The first-order valence-electron chi connectivity index (χ1n) is 6.49. The van der Waals surface area contributed by atoms with Crippen LogP contribution in [0.5, 0.6) is 0 Å². The van der Waals surface area contributed by atoms with Crippen LogP contribution in [0.25, 0.3) is 11.1 Å². The summed E-state index contributed by atoms with van der Waals surface area (Å²) in [5.74, 6) is -2.14. The molecule has 0 aliphatic rings. The molecule has 2 rings (SSSR count). The fourth-order valence-electron chi connectivity index (χ4n) is 1.22. The molecule has 0 amide bonds. The molecular weight excluding hydrogens is 312 g/mol. The van der Waals surface area contributed by atoms with Gasteiger partial charge in [0.05, 0.1) is 12.1 Å². The highest BCUT2D eigenvalue weighted by Crippen LogP contribution is 2.15. The minimum absolute atomic E-state index is 0.403. The third-order valence-corrected chi connectivity index (χ3v) is 2.15. The van der Waals surface area contributed by atoms with Gasteiger partial charge in [-0.2, -0.15) is 10.5 Å². The Bertz CT molecular complexity index is 643. The molecule has 0 aromatic carbocycles. The van der Waals surface area contributed by atoms with E-state index >= 15 is 0 Å². The second-order valence-corrected chi connectivity index (χ2v) is 3.93. The largest absolute Gasteiger partial charge is 0.480 e. The van der Waals surface area contributed by atoms with Crippen molar-refractivity contribution in [3.8, 4) is 23.3 Å². The Morgan fingerprint density at radius 3 is 1.25 bits per heavy atom. The molecule has 0 spiro atoms. The Balaban J connectivity index is 0.000000377. The summed E-state index contributed by atoms with van der Waals surface area (Å²) in [7, 11) is 0. The van der Waals surface area contributed by atoms with Gasteiger partial charge in [0.15, 0.2) is 0 Å². The Morgan fingerprint density at radius 1 is 0.792 bits per heavy atom. The highest BCUT2D eigenvalue weighted by atomic mass is 16.4. The van der Waals surface area contributed by atoms with Crippen molar-refractivity contribution in [2.24, 2.45) is 0 Å². The SMILES string of the molecule is N#CCC(=O)O.N#CCC(=O)O.c1cc(-c2ccncc2)ccn1. The number of carboxylic acid groups (broad SMARTS) is 2. The van der Waals surface area contributed by atoms with E-state index in [-0.39, 0.29) is 0 Å². The molecule has 0 radical (unpaired) electrons. The Hall–Kier alpha value is -3.78. The summed E-state index contributed by atoms with van der Waals surface area (Å²) in [6.45, 7) is 0. The summed E-state index contributed by atoms with van der Waals surface area (Å²) >= 11 is 0. The van der Waals surface area contributed by atoms with Crippen LogP contribution in [-0.2, 0) is 9.59 Å². The maximum atomic E-state index is 9.38. The third-order valence-electron chi connectivity index (χ3n) is 2.15. The molecule has 2 N–H and O–H groups in total. The van der Waals surface area contributed by atoms with Crippen LogP contribution >= 0.6 is 0 Å². The van der Waals surface area contributed by atoms with Crippen LogP contribution < -0.4 is 0 Å². The van der Waals surface area contributed by atoms with Gasteiger partial charge in [0, 0.05) is 24.8 Å². The predicted molar refractivity (Wildman–Crippen MR) is 83.2 cm³/mol. The lowest BCUT2D eigenvalue weighted by molar-refractivity contribution is -0.136. The van der Waals surface area contributed by atoms with Crippen molar-refractivity contribution < 1.29 is 19.8 Å². The van der Waals surface area contributed by atoms with Crippen molar-refractivity contribution in [2.75, 3.05) is 0 Å². The van der Waals surface area contributed by atoms with Crippen molar-refractivity contribution in [1.29, 1.82) is 10.5 Å². The van der Waals surface area contributed by atoms with Crippen LogP contribution in [0.1, 0.15) is 12.8 Å². The van der Waals surface area contributed by atoms with Crippen LogP contribution in [0.2, 0.25) is 0 Å². The molecule has 0 unspecified atom stereocenters. The monoisotopic (exact) mass is 326 g/mol. The van der Waals surface area contributed by atoms with E-state index in [9.17, 15) is 9.59 Å². The summed E-state index contributed by atoms with van der Waals surface area (Å²) in [6, 6.07) is 10.9. The standard InChI is InChI=1S/C10H8N2.2C3H3NO2/c1-5-11-6-2-9(1)10-3-7-12-8-4-10;2*4-2-1-3(5)6/h1-8H;2*1H2,(H,5,6). The number of pyridine rings is 2. The highest BCUT2D eigenvalue weighted by molar-refractivity contribution is 5.69. The second-order valence-electron chi connectivity index (χ2n) is 3.93. The molecule has 2 aromatic heterocycles. The lowest BCUT2D eigenvalue weighted by atomic mass is 10.1. The maximum Gasteiger partial charge on any atom is 0.317 e. The Kier molecular flexibility index (Phi) is 10.9. The van der Waals surface area contributed by atoms with Crippen molar-refractivity contribution in [3.05, 3.63) is 49.1 Å². The number of carboxylic acids is 2. The highest BCUT2D eigenvalue weighted by Gasteiger charge is 1.93. The van der Waals surface area contributed by atoms with Gasteiger partial charge in [-0.05, 0) is 35.4 Å². The van der Waals surface area contributed by atoms with Gasteiger partial charge in [-0.15, -0.1) is 0 Å². The van der Waals surface area contributed by atoms with Gasteiger partial charge in [-0.3, -0.25) is 19.6 Å². The van der Waals surface area contributed by atoms with Crippen LogP contribution in [0.4, 0.5) is 0 Å². The van der Waals surface area contributed by atoms with Crippen molar-refractivity contribution in [3.63, 3.8) is 0 Å². The first-order valence-corrected chi connectivity index (χ1v) is 6.49. The predicted octanol–water partition coefficient (Wildman–Crippen LogP) is 2.11. The number of rotatable bonds is 3. The number of nitrogens with zero attached hydrogens (tertiary/aromatic N) is 4. The molecule has 0 saturated carbocycles. The molecule has 122 valence electrons. The van der Waals surface area contributed by atoms with E-state index in [1.165, 1.54) is 23.3 Å². The molecule has 0 atom stereocenters. The van der Waals surface area contributed by atoms with E-state index in [0.717, 1.165) is 0 Å². The number of hydrogen-bond donors (Lipinski definition) is 2. The molecule has 8 nitrogen and oxygen atoms in total. The molecule has 0 fully saturated rings. The molecular formula is C16H14N4O4. The Labute approximate surface area is 138 Å². The molecule has 0 aliphatic heterocycles. The van der Waals surface area contributed by atoms with Crippen molar-refractivity contribution in [1.82, 2.24) is 9.97 Å². The second kappa shape index (κ2) is 12.9. The van der Waals surface area contributed by atoms with Crippen molar-refractivity contribution in [2.45, 2.75) is 12.8 Å². The number of nitriles is 2.